The van der Waals surface area contributed by atoms with Crippen LogP contribution in [0, 0.1) is 52.4 Å². The van der Waals surface area contributed by atoms with Crippen LogP contribution in [0.25, 0.3) is 0 Å². The fourth-order valence-corrected chi connectivity index (χ4v) is 7.11. The number of benzene rings is 3. The molecule has 3 fully saturated rings. The van der Waals surface area contributed by atoms with Crippen molar-refractivity contribution in [3.8, 4) is 0 Å². The molecule has 0 N–H and O–H groups in total. The van der Waals surface area contributed by atoms with E-state index in [1.165, 1.54) is 0 Å². The average molecular weight is 913 g/mol. The van der Waals surface area contributed by atoms with Crippen molar-refractivity contribution >= 4 is 35.1 Å². The van der Waals surface area contributed by atoms with E-state index in [0.717, 1.165) is 51.6 Å². The van der Waals surface area contributed by atoms with Crippen LogP contribution < -0.4 is 0 Å². The van der Waals surface area contributed by atoms with Crippen molar-refractivity contribution in [1.29, 1.82) is 0 Å². The van der Waals surface area contributed by atoms with Crippen molar-refractivity contribution in [3.63, 3.8) is 0 Å². The summed E-state index contributed by atoms with van der Waals surface area (Å²) in [6.45, 7) is 5.08. The third-order valence-corrected chi connectivity index (χ3v) is 10.7. The van der Waals surface area contributed by atoms with Crippen LogP contribution in [0.15, 0.2) is 36.4 Å². The second-order valence-electron chi connectivity index (χ2n) is 15.8. The van der Waals surface area contributed by atoms with E-state index in [4.69, 9.17) is 0 Å². The quantitative estimate of drug-likeness (QED) is 0.114. The number of piperazine rings is 1. The molecule has 0 spiro atoms. The number of Topliss-reactive ketones (excluding diaryl/α,β-unsaturated/α-hetero) is 3. The van der Waals surface area contributed by atoms with Crippen LogP contribution in [-0.4, -0.2) is 114 Å². The molecule has 3 aromatic carbocycles. The van der Waals surface area contributed by atoms with Crippen LogP contribution in [-0.2, 0) is 48.0 Å². The van der Waals surface area contributed by atoms with Crippen LogP contribution >= 0.6 is 0 Å². The first-order chi connectivity index (χ1) is 30.3. The number of amides is 3. The smallest absolute Gasteiger partial charge is 0.230 e. The first-order valence-corrected chi connectivity index (χ1v) is 20.8. The molecule has 3 aliphatic rings. The van der Waals surface area contributed by atoms with Gasteiger partial charge in [0.05, 0.1) is 19.3 Å². The lowest BCUT2D eigenvalue weighted by atomic mass is 10.0. The molecule has 0 atom stereocenters. The van der Waals surface area contributed by atoms with Gasteiger partial charge in [-0.15, -0.1) is 0 Å². The van der Waals surface area contributed by atoms with E-state index in [-0.39, 0.29) is 53.7 Å². The highest BCUT2D eigenvalue weighted by atomic mass is 19.2. The molecule has 0 aliphatic carbocycles. The molecule has 348 valence electrons. The highest BCUT2D eigenvalue weighted by Crippen LogP contribution is 2.19. The number of hydrogen-bond donors (Lipinski definition) is 0. The topological polar surface area (TPSA) is 115 Å². The predicted molar refractivity (Wildman–Crippen MR) is 214 cm³/mol. The summed E-state index contributed by atoms with van der Waals surface area (Å²) in [6, 6.07) is 3.19. The third kappa shape index (κ3) is 15.9. The van der Waals surface area contributed by atoms with E-state index >= 15 is 0 Å². The van der Waals surface area contributed by atoms with Gasteiger partial charge in [-0.1, -0.05) is 0 Å². The number of hydrogen-bond acceptors (Lipinski definition) is 7. The maximum atomic E-state index is 13.5. The molecule has 3 heterocycles. The fraction of sp³-hybridized carbons (Fsp3) is 0.467. The van der Waals surface area contributed by atoms with Gasteiger partial charge in [0.2, 0.25) is 17.7 Å². The molecule has 3 saturated heterocycles. The number of halogens is 9. The average Bonchev–Trinajstić information content (AvgIpc) is 3.25. The number of ketones is 3. The molecule has 0 radical (unpaired) electrons. The van der Waals surface area contributed by atoms with E-state index in [1.54, 1.807) is 14.7 Å². The molecule has 10 nitrogen and oxygen atoms in total. The van der Waals surface area contributed by atoms with Crippen LogP contribution in [0.1, 0.15) is 74.5 Å². The van der Waals surface area contributed by atoms with E-state index in [9.17, 15) is 68.3 Å². The van der Waals surface area contributed by atoms with Crippen LogP contribution in [0.2, 0.25) is 0 Å². The Morgan fingerprint density at radius 3 is 0.891 bits per heavy atom. The van der Waals surface area contributed by atoms with E-state index < -0.39 is 89.0 Å². The number of piperidine rings is 2. The first-order valence-electron chi connectivity index (χ1n) is 20.8. The predicted octanol–water partition coefficient (Wildman–Crippen LogP) is 6.62. The zero-order chi connectivity index (χ0) is 47.1. The Morgan fingerprint density at radius 1 is 0.359 bits per heavy atom. The van der Waals surface area contributed by atoms with Crippen molar-refractivity contribution < 1.29 is 68.3 Å². The summed E-state index contributed by atoms with van der Waals surface area (Å²) in [5.74, 6) is -12.9. The Morgan fingerprint density at radius 2 is 0.609 bits per heavy atom. The third-order valence-electron chi connectivity index (χ3n) is 10.7. The molecular weight excluding hydrogens is 863 g/mol. The van der Waals surface area contributed by atoms with E-state index in [0.29, 0.717) is 75.7 Å². The lowest BCUT2D eigenvalue weighted by Gasteiger charge is -2.32. The lowest BCUT2D eigenvalue weighted by molar-refractivity contribution is -0.137. The Hall–Kier alpha value is -5.59. The molecule has 19 heteroatoms. The number of likely N-dealkylation sites (tertiary alicyclic amines) is 2. The van der Waals surface area contributed by atoms with Crippen LogP contribution in [0.5, 0.6) is 0 Å². The standard InChI is InChI=1S/C15H17F3N2O2.2C15H16F3NO2/c1-19-2-4-20(5-3-19)15(22)8-11(21)6-10-7-13(17)14(18)9-12(10)16;2*16-12-9-14(18)13(17)7-10(12)6-11(20)8-15(21)19-4-2-1-3-5-19/h7,9H,2-6,8H2,1H3;2*7,9H,1-6,8H2. The van der Waals surface area contributed by atoms with Gasteiger partial charge in [0, 0.05) is 89.8 Å². The van der Waals surface area contributed by atoms with Crippen LogP contribution in [0.3, 0.4) is 0 Å². The first kappa shape index (κ1) is 51.0. The second-order valence-corrected chi connectivity index (χ2v) is 15.8. The SMILES string of the molecule is CN1CCN(C(=O)CC(=O)Cc2cc(F)c(F)cc2F)CC1.O=C(CC(=O)N1CCCCC1)Cc1cc(F)c(F)cc1F.O=C(CC(=O)N1CCCCC1)Cc1cc(F)c(F)cc1F. The number of carbonyl (C=O) groups is 6. The van der Waals surface area contributed by atoms with E-state index in [2.05, 4.69) is 4.90 Å². The van der Waals surface area contributed by atoms with Crippen molar-refractivity contribution in [1.82, 2.24) is 19.6 Å². The minimum Gasteiger partial charge on any atom is -0.342 e. The van der Waals surface area contributed by atoms with Gasteiger partial charge >= 0.3 is 0 Å². The summed E-state index contributed by atoms with van der Waals surface area (Å²) in [6.07, 6.45) is 3.51. The highest BCUT2D eigenvalue weighted by molar-refractivity contribution is 6.00. The Kier molecular flexibility index (Phi) is 19.5. The summed E-state index contributed by atoms with van der Waals surface area (Å²) in [7, 11) is 1.94. The zero-order valence-corrected chi connectivity index (χ0v) is 35.2. The molecule has 3 amide bonds. The summed E-state index contributed by atoms with van der Waals surface area (Å²) < 4.78 is 118. The van der Waals surface area contributed by atoms with Gasteiger partial charge in [-0.25, -0.2) is 39.5 Å². The lowest BCUT2D eigenvalue weighted by Crippen LogP contribution is -2.47. The highest BCUT2D eigenvalue weighted by Gasteiger charge is 2.24. The summed E-state index contributed by atoms with van der Waals surface area (Å²) >= 11 is 0. The van der Waals surface area contributed by atoms with Gasteiger partial charge in [-0.2, -0.15) is 0 Å². The molecule has 0 bridgehead atoms. The second kappa shape index (κ2) is 24.5. The Bertz CT molecular complexity index is 2070. The van der Waals surface area contributed by atoms with Gasteiger partial charge in [0.15, 0.2) is 34.9 Å². The summed E-state index contributed by atoms with van der Waals surface area (Å²) in [5.41, 5.74) is -0.703. The molecule has 0 aromatic heterocycles. The maximum absolute atomic E-state index is 13.5. The molecule has 6 rings (SSSR count). The maximum Gasteiger partial charge on any atom is 0.230 e. The molecule has 3 aliphatic heterocycles. The van der Waals surface area contributed by atoms with Crippen LogP contribution in [0.4, 0.5) is 39.5 Å². The fourth-order valence-electron chi connectivity index (χ4n) is 7.11. The van der Waals surface area contributed by atoms with E-state index in [1.807, 2.05) is 7.05 Å². The van der Waals surface area contributed by atoms with Crippen molar-refractivity contribution in [2.75, 3.05) is 59.4 Å². The molecule has 0 unspecified atom stereocenters. The molecular formula is C45H49F9N4O6. The minimum atomic E-state index is -1.30. The number of rotatable bonds is 12. The minimum absolute atomic E-state index is 0.231. The molecule has 3 aromatic rings. The summed E-state index contributed by atoms with van der Waals surface area (Å²) in [4.78, 5) is 78.0. The Labute approximate surface area is 364 Å². The summed E-state index contributed by atoms with van der Waals surface area (Å²) in [5, 5.41) is 0. The van der Waals surface area contributed by atoms with Gasteiger partial charge in [0.25, 0.3) is 0 Å². The molecule has 0 saturated carbocycles. The normalized spacial score (nSPS) is 15.4. The Balaban J connectivity index is 0.000000210. The zero-order valence-electron chi connectivity index (χ0n) is 35.2. The molecule has 64 heavy (non-hydrogen) atoms. The number of nitrogens with zero attached hydrogens (tertiary/aromatic N) is 4. The van der Waals surface area contributed by atoms with Crippen molar-refractivity contribution in [2.45, 2.75) is 77.0 Å². The monoisotopic (exact) mass is 912 g/mol. The largest absolute Gasteiger partial charge is 0.342 e. The van der Waals surface area contributed by atoms with Gasteiger partial charge in [-0.3, -0.25) is 28.8 Å². The van der Waals surface area contributed by atoms with Crippen molar-refractivity contribution in [3.05, 3.63) is 105 Å². The van der Waals surface area contributed by atoms with Crippen molar-refractivity contribution in [2.24, 2.45) is 0 Å². The van der Waals surface area contributed by atoms with Gasteiger partial charge in [0.1, 0.15) is 34.8 Å². The number of likely N-dealkylation sites (N-methyl/N-ethyl adjacent to an activating group) is 1. The number of carbonyl (C=O) groups excluding carboxylic acids is 6. The van der Waals surface area contributed by atoms with Gasteiger partial charge < -0.3 is 19.6 Å². The van der Waals surface area contributed by atoms with Gasteiger partial charge in [-0.05, 0) is 80.5 Å².